The van der Waals surface area contributed by atoms with Gasteiger partial charge in [-0.05, 0) is 54.6 Å². The average Bonchev–Trinajstić information content (AvgIpc) is 3.30. The number of ether oxygens (including phenoxy) is 2. The molecule has 0 unspecified atom stereocenters. The smallest absolute Gasteiger partial charge is 0.266 e. The summed E-state index contributed by atoms with van der Waals surface area (Å²) < 4.78 is 13.2. The molecule has 0 saturated heterocycles. The maximum Gasteiger partial charge on any atom is 0.266 e. The molecule has 33 heavy (non-hydrogen) atoms. The topological polar surface area (TPSA) is 90.6 Å². The largest absolute Gasteiger partial charge is 0.497 e. The van der Waals surface area contributed by atoms with Gasteiger partial charge < -0.3 is 14.8 Å². The molecular formula is C25H21N5O3. The number of carbonyl (C=O) groups is 1. The van der Waals surface area contributed by atoms with Crippen LogP contribution in [0, 0.1) is 0 Å². The number of hydrogen-bond donors (Lipinski definition) is 1. The van der Waals surface area contributed by atoms with Gasteiger partial charge in [-0.2, -0.15) is 0 Å². The number of fused-ring (bicyclic) bond motifs is 3. The molecule has 0 bridgehead atoms. The molecule has 0 atom stereocenters. The molecule has 0 aliphatic rings. The van der Waals surface area contributed by atoms with Crippen molar-refractivity contribution in [1.82, 2.24) is 19.6 Å². The van der Waals surface area contributed by atoms with Crippen molar-refractivity contribution >= 4 is 28.3 Å². The van der Waals surface area contributed by atoms with Crippen molar-refractivity contribution in [3.8, 4) is 17.4 Å². The van der Waals surface area contributed by atoms with Crippen LogP contribution in [0.1, 0.15) is 23.1 Å². The second-order valence-corrected chi connectivity index (χ2v) is 7.35. The van der Waals surface area contributed by atoms with E-state index in [-0.39, 0.29) is 5.91 Å². The monoisotopic (exact) mass is 439 g/mol. The van der Waals surface area contributed by atoms with E-state index < -0.39 is 0 Å². The van der Waals surface area contributed by atoms with E-state index in [0.717, 1.165) is 23.3 Å². The van der Waals surface area contributed by atoms with Gasteiger partial charge in [-0.3, -0.25) is 9.20 Å². The fourth-order valence-electron chi connectivity index (χ4n) is 3.60. The Hall–Kier alpha value is -4.46. The highest BCUT2D eigenvalue weighted by molar-refractivity contribution is 6.04. The predicted molar refractivity (Wildman–Crippen MR) is 125 cm³/mol. The lowest BCUT2D eigenvalue weighted by Crippen LogP contribution is -2.11. The minimum absolute atomic E-state index is 0.226. The van der Waals surface area contributed by atoms with E-state index >= 15 is 0 Å². The summed E-state index contributed by atoms with van der Waals surface area (Å²) in [5.41, 5.74) is 3.42. The van der Waals surface area contributed by atoms with E-state index in [2.05, 4.69) is 20.5 Å². The number of aryl methyl sites for hydroxylation is 1. The van der Waals surface area contributed by atoms with Crippen LogP contribution in [0.15, 0.2) is 72.8 Å². The third-order valence-electron chi connectivity index (χ3n) is 5.24. The molecule has 8 nitrogen and oxygen atoms in total. The molecule has 0 spiro atoms. The van der Waals surface area contributed by atoms with E-state index in [1.165, 1.54) is 0 Å². The van der Waals surface area contributed by atoms with Crippen LogP contribution in [0.2, 0.25) is 0 Å². The molecule has 2 aromatic heterocycles. The highest BCUT2D eigenvalue weighted by Gasteiger charge is 2.16. The molecular weight excluding hydrogens is 418 g/mol. The molecule has 3 aromatic carbocycles. The fraction of sp³-hybridized carbons (Fsp3) is 0.120. The minimum Gasteiger partial charge on any atom is -0.497 e. The Bertz CT molecular complexity index is 1460. The van der Waals surface area contributed by atoms with Crippen molar-refractivity contribution in [2.75, 3.05) is 12.4 Å². The number of methoxy groups -OCH3 is 1. The number of rotatable bonds is 6. The standard InChI is InChI=1S/C25H21N5O3/c1-3-22-28-29-23-25(27-20-9-4-5-10-21(20)30(22)23)33-18-13-11-17(12-14-18)26-24(31)16-7-6-8-19(15-16)32-2/h4-15H,3H2,1-2H3,(H,26,31). The fourth-order valence-corrected chi connectivity index (χ4v) is 3.60. The zero-order valence-electron chi connectivity index (χ0n) is 18.1. The molecule has 0 saturated carbocycles. The van der Waals surface area contributed by atoms with Gasteiger partial charge in [-0.25, -0.2) is 4.98 Å². The van der Waals surface area contributed by atoms with E-state index in [1.807, 2.05) is 35.6 Å². The van der Waals surface area contributed by atoms with Gasteiger partial charge in [0.05, 0.1) is 18.1 Å². The highest BCUT2D eigenvalue weighted by Crippen LogP contribution is 2.28. The number of aromatic nitrogens is 4. The number of carbonyl (C=O) groups excluding carboxylic acids is 1. The van der Waals surface area contributed by atoms with Gasteiger partial charge in [-0.15, -0.1) is 10.2 Å². The molecule has 164 valence electrons. The first-order chi connectivity index (χ1) is 16.2. The van der Waals surface area contributed by atoms with Gasteiger partial charge in [0.25, 0.3) is 11.8 Å². The number of amides is 1. The zero-order chi connectivity index (χ0) is 22.8. The second kappa shape index (κ2) is 8.58. The summed E-state index contributed by atoms with van der Waals surface area (Å²) in [6, 6.07) is 21.9. The van der Waals surface area contributed by atoms with Crippen LogP contribution < -0.4 is 14.8 Å². The van der Waals surface area contributed by atoms with Gasteiger partial charge in [0, 0.05) is 17.7 Å². The summed E-state index contributed by atoms with van der Waals surface area (Å²) >= 11 is 0. The lowest BCUT2D eigenvalue weighted by Gasteiger charge is -2.10. The molecule has 0 fully saturated rings. The van der Waals surface area contributed by atoms with E-state index in [4.69, 9.17) is 9.47 Å². The summed E-state index contributed by atoms with van der Waals surface area (Å²) in [5.74, 6) is 2.18. The van der Waals surface area contributed by atoms with Crippen molar-refractivity contribution in [3.05, 3.63) is 84.2 Å². The number of hydrogen-bond acceptors (Lipinski definition) is 6. The third kappa shape index (κ3) is 3.94. The van der Waals surface area contributed by atoms with Crippen molar-refractivity contribution in [2.45, 2.75) is 13.3 Å². The Morgan fingerprint density at radius 3 is 2.58 bits per heavy atom. The molecule has 5 aromatic rings. The summed E-state index contributed by atoms with van der Waals surface area (Å²) in [5, 5.41) is 11.5. The van der Waals surface area contributed by atoms with Crippen LogP contribution >= 0.6 is 0 Å². The number of nitrogens with zero attached hydrogens (tertiary/aromatic N) is 4. The molecule has 0 aliphatic carbocycles. The summed E-state index contributed by atoms with van der Waals surface area (Å²) in [6.07, 6.45) is 0.732. The van der Waals surface area contributed by atoms with Gasteiger partial charge in [0.15, 0.2) is 0 Å². The lowest BCUT2D eigenvalue weighted by molar-refractivity contribution is 0.102. The Balaban J connectivity index is 1.40. The first kappa shape index (κ1) is 20.4. The lowest BCUT2D eigenvalue weighted by atomic mass is 10.2. The van der Waals surface area contributed by atoms with Gasteiger partial charge in [0.1, 0.15) is 17.3 Å². The van der Waals surface area contributed by atoms with Crippen LogP contribution in [0.5, 0.6) is 17.4 Å². The van der Waals surface area contributed by atoms with Crippen LogP contribution in [0.3, 0.4) is 0 Å². The molecule has 8 heteroatoms. The molecule has 5 rings (SSSR count). The second-order valence-electron chi connectivity index (χ2n) is 7.35. The van der Waals surface area contributed by atoms with Crippen LogP contribution in [-0.4, -0.2) is 32.6 Å². The van der Waals surface area contributed by atoms with Crippen LogP contribution in [0.4, 0.5) is 5.69 Å². The maximum absolute atomic E-state index is 12.5. The van der Waals surface area contributed by atoms with Gasteiger partial charge in [0.2, 0.25) is 5.65 Å². The average molecular weight is 439 g/mol. The van der Waals surface area contributed by atoms with Crippen LogP contribution in [-0.2, 0) is 6.42 Å². The van der Waals surface area contributed by atoms with Crippen LogP contribution in [0.25, 0.3) is 16.7 Å². The SMILES string of the molecule is CCc1nnc2c(Oc3ccc(NC(=O)c4cccc(OC)c4)cc3)nc3ccccc3n12. The van der Waals surface area contributed by atoms with Crippen molar-refractivity contribution < 1.29 is 14.3 Å². The first-order valence-electron chi connectivity index (χ1n) is 10.5. The van der Waals surface area contributed by atoms with Crippen molar-refractivity contribution in [1.29, 1.82) is 0 Å². The molecule has 1 N–H and O–H groups in total. The summed E-state index contributed by atoms with van der Waals surface area (Å²) in [7, 11) is 1.57. The van der Waals surface area contributed by atoms with Gasteiger partial charge >= 0.3 is 0 Å². The van der Waals surface area contributed by atoms with Crippen molar-refractivity contribution in [3.63, 3.8) is 0 Å². The Labute approximate surface area is 189 Å². The minimum atomic E-state index is -0.226. The Morgan fingerprint density at radius 2 is 1.79 bits per heavy atom. The zero-order valence-corrected chi connectivity index (χ0v) is 18.1. The molecule has 2 heterocycles. The Morgan fingerprint density at radius 1 is 0.970 bits per heavy atom. The van der Waals surface area contributed by atoms with Crippen molar-refractivity contribution in [2.24, 2.45) is 0 Å². The number of nitrogens with one attached hydrogen (secondary N) is 1. The number of benzene rings is 3. The summed E-state index contributed by atoms with van der Waals surface area (Å²) in [6.45, 7) is 2.03. The highest BCUT2D eigenvalue weighted by atomic mass is 16.5. The molecule has 0 radical (unpaired) electrons. The molecule has 0 aliphatic heterocycles. The Kier molecular flexibility index (Phi) is 5.32. The van der Waals surface area contributed by atoms with E-state index in [1.54, 1.807) is 55.6 Å². The first-order valence-corrected chi connectivity index (χ1v) is 10.5. The van der Waals surface area contributed by atoms with E-state index in [0.29, 0.717) is 34.3 Å². The van der Waals surface area contributed by atoms with E-state index in [9.17, 15) is 4.79 Å². The quantitative estimate of drug-likeness (QED) is 0.405. The summed E-state index contributed by atoms with van der Waals surface area (Å²) in [4.78, 5) is 17.2. The molecule has 1 amide bonds. The predicted octanol–water partition coefficient (Wildman–Crippen LogP) is 4.89. The number of para-hydroxylation sites is 2. The third-order valence-corrected chi connectivity index (χ3v) is 5.24. The maximum atomic E-state index is 12.5. The van der Waals surface area contributed by atoms with Gasteiger partial charge in [-0.1, -0.05) is 25.1 Å². The normalized spacial score (nSPS) is 11.0. The number of anilines is 1.